The maximum atomic E-state index is 10.9. The molecular weight excluding hydrogens is 136 g/mol. The standard InChI is InChI=1S/C6H12O2S/c1-3-5-6(4-2)9(5,7)8/h5-6H,3-4H2,1-2H3. The van der Waals surface area contributed by atoms with Gasteiger partial charge in [0.2, 0.25) is 0 Å². The van der Waals surface area contributed by atoms with Crippen molar-refractivity contribution in [1.82, 2.24) is 0 Å². The molecule has 0 bridgehead atoms. The Morgan fingerprint density at radius 1 is 1.11 bits per heavy atom. The number of hydrogen-bond acceptors (Lipinski definition) is 2. The van der Waals surface area contributed by atoms with Gasteiger partial charge in [-0.2, -0.15) is 0 Å². The smallest absolute Gasteiger partial charge is 0.158 e. The van der Waals surface area contributed by atoms with Crippen LogP contribution in [0.15, 0.2) is 0 Å². The summed E-state index contributed by atoms with van der Waals surface area (Å²) in [5.41, 5.74) is 0. The minimum atomic E-state index is -2.60. The third kappa shape index (κ3) is 0.874. The van der Waals surface area contributed by atoms with Gasteiger partial charge in [0.1, 0.15) is 0 Å². The second-order valence-electron chi connectivity index (χ2n) is 2.48. The first-order valence-corrected chi connectivity index (χ1v) is 4.98. The predicted octanol–water partition coefficient (Wildman–Crippen LogP) is 0.972. The Morgan fingerprint density at radius 3 is 1.56 bits per heavy atom. The van der Waals surface area contributed by atoms with Crippen molar-refractivity contribution in [2.24, 2.45) is 0 Å². The van der Waals surface area contributed by atoms with Gasteiger partial charge in [-0.15, -0.1) is 0 Å². The molecule has 54 valence electrons. The summed E-state index contributed by atoms with van der Waals surface area (Å²) in [7, 11) is -2.60. The molecule has 1 rings (SSSR count). The first kappa shape index (κ1) is 7.06. The summed E-state index contributed by atoms with van der Waals surface area (Å²) in [5.74, 6) is 0. The van der Waals surface area contributed by atoms with Crippen LogP contribution in [0.3, 0.4) is 0 Å². The van der Waals surface area contributed by atoms with Gasteiger partial charge in [0.25, 0.3) is 0 Å². The fraction of sp³-hybridized carbons (Fsp3) is 1.00. The Balaban J connectivity index is 2.67. The van der Waals surface area contributed by atoms with Gasteiger partial charge in [0.15, 0.2) is 9.84 Å². The van der Waals surface area contributed by atoms with Crippen LogP contribution in [0.1, 0.15) is 26.7 Å². The van der Waals surface area contributed by atoms with Gasteiger partial charge < -0.3 is 0 Å². The van der Waals surface area contributed by atoms with Gasteiger partial charge in [0.05, 0.1) is 10.5 Å². The van der Waals surface area contributed by atoms with Gasteiger partial charge in [-0.3, -0.25) is 0 Å². The van der Waals surface area contributed by atoms with Gasteiger partial charge in [-0.25, -0.2) is 8.42 Å². The van der Waals surface area contributed by atoms with Crippen LogP contribution in [0.25, 0.3) is 0 Å². The monoisotopic (exact) mass is 148 g/mol. The van der Waals surface area contributed by atoms with Gasteiger partial charge in [0, 0.05) is 0 Å². The van der Waals surface area contributed by atoms with Crippen LogP contribution in [0.4, 0.5) is 0 Å². The second kappa shape index (κ2) is 1.97. The predicted molar refractivity (Wildman–Crippen MR) is 37.1 cm³/mol. The zero-order chi connectivity index (χ0) is 7.07. The van der Waals surface area contributed by atoms with Gasteiger partial charge >= 0.3 is 0 Å². The van der Waals surface area contributed by atoms with E-state index in [1.54, 1.807) is 0 Å². The Labute approximate surface area is 56.2 Å². The first-order valence-electron chi connectivity index (χ1n) is 3.37. The Kier molecular flexibility index (Phi) is 1.55. The van der Waals surface area contributed by atoms with Crippen molar-refractivity contribution in [3.8, 4) is 0 Å². The number of sulfone groups is 1. The molecule has 1 aliphatic rings. The van der Waals surface area contributed by atoms with Crippen LogP contribution in [0.2, 0.25) is 0 Å². The zero-order valence-corrected chi connectivity index (χ0v) is 6.61. The molecule has 2 unspecified atom stereocenters. The molecule has 0 aliphatic carbocycles. The normalized spacial score (nSPS) is 38.4. The molecule has 0 amide bonds. The third-order valence-corrected chi connectivity index (χ3v) is 4.68. The summed E-state index contributed by atoms with van der Waals surface area (Å²) in [5, 5.41) is 0.00463. The van der Waals surface area contributed by atoms with Gasteiger partial charge in [-0.1, -0.05) is 13.8 Å². The average Bonchev–Trinajstić information content (AvgIpc) is 2.32. The highest BCUT2D eigenvalue weighted by molar-refractivity contribution is 7.99. The maximum Gasteiger partial charge on any atom is 0.158 e. The highest BCUT2D eigenvalue weighted by atomic mass is 32.2. The van der Waals surface area contributed by atoms with Crippen molar-refractivity contribution < 1.29 is 8.42 Å². The highest BCUT2D eigenvalue weighted by Crippen LogP contribution is 2.37. The quantitative estimate of drug-likeness (QED) is 0.547. The van der Waals surface area contributed by atoms with Crippen LogP contribution in [0, 0.1) is 0 Å². The molecule has 3 heteroatoms. The molecular formula is C6H12O2S. The molecule has 0 aromatic heterocycles. The van der Waals surface area contributed by atoms with Crippen LogP contribution in [-0.2, 0) is 9.84 Å². The van der Waals surface area contributed by atoms with E-state index in [9.17, 15) is 8.42 Å². The molecule has 9 heavy (non-hydrogen) atoms. The molecule has 1 saturated heterocycles. The van der Waals surface area contributed by atoms with E-state index in [0.717, 1.165) is 12.8 Å². The summed E-state index contributed by atoms with van der Waals surface area (Å²) in [4.78, 5) is 0. The van der Waals surface area contributed by atoms with Crippen molar-refractivity contribution in [2.75, 3.05) is 0 Å². The fourth-order valence-electron chi connectivity index (χ4n) is 1.37. The van der Waals surface area contributed by atoms with Crippen LogP contribution < -0.4 is 0 Å². The highest BCUT2D eigenvalue weighted by Gasteiger charge is 2.53. The lowest BCUT2D eigenvalue weighted by molar-refractivity contribution is 0.610. The first-order chi connectivity index (χ1) is 4.14. The van der Waals surface area contributed by atoms with Crippen LogP contribution in [0.5, 0.6) is 0 Å². The lowest BCUT2D eigenvalue weighted by Crippen LogP contribution is -1.87. The lowest BCUT2D eigenvalue weighted by atomic mass is 10.2. The van der Waals surface area contributed by atoms with E-state index < -0.39 is 9.84 Å². The molecule has 2 nitrogen and oxygen atoms in total. The van der Waals surface area contributed by atoms with Crippen molar-refractivity contribution in [3.05, 3.63) is 0 Å². The largest absolute Gasteiger partial charge is 0.228 e. The molecule has 1 aliphatic heterocycles. The minimum absolute atomic E-state index is 0.00231. The van der Waals surface area contributed by atoms with E-state index >= 15 is 0 Å². The molecule has 0 aromatic rings. The summed E-state index contributed by atoms with van der Waals surface area (Å²) in [6, 6.07) is 0. The Morgan fingerprint density at radius 2 is 1.44 bits per heavy atom. The molecule has 0 radical (unpaired) electrons. The van der Waals surface area contributed by atoms with Crippen molar-refractivity contribution >= 4 is 9.84 Å². The van der Waals surface area contributed by atoms with E-state index in [4.69, 9.17) is 0 Å². The van der Waals surface area contributed by atoms with Crippen molar-refractivity contribution in [2.45, 2.75) is 37.2 Å². The average molecular weight is 148 g/mol. The molecule has 0 spiro atoms. The van der Waals surface area contributed by atoms with Crippen molar-refractivity contribution in [1.29, 1.82) is 0 Å². The van der Waals surface area contributed by atoms with E-state index in [1.807, 2.05) is 13.8 Å². The molecule has 0 aromatic carbocycles. The summed E-state index contributed by atoms with van der Waals surface area (Å²) in [6.45, 7) is 3.86. The SMILES string of the molecule is CCC1C(CC)S1(=O)=O. The zero-order valence-electron chi connectivity index (χ0n) is 5.79. The number of rotatable bonds is 2. The molecule has 2 atom stereocenters. The van der Waals surface area contributed by atoms with Crippen molar-refractivity contribution in [3.63, 3.8) is 0 Å². The summed E-state index contributed by atoms with van der Waals surface area (Å²) in [6.07, 6.45) is 1.58. The lowest BCUT2D eigenvalue weighted by Gasteiger charge is -1.78. The van der Waals surface area contributed by atoms with Crippen LogP contribution >= 0.6 is 0 Å². The van der Waals surface area contributed by atoms with E-state index in [-0.39, 0.29) is 10.5 Å². The third-order valence-electron chi connectivity index (χ3n) is 1.99. The second-order valence-corrected chi connectivity index (χ2v) is 4.87. The minimum Gasteiger partial charge on any atom is -0.228 e. The summed E-state index contributed by atoms with van der Waals surface area (Å²) < 4.78 is 21.7. The van der Waals surface area contributed by atoms with Gasteiger partial charge in [-0.05, 0) is 12.8 Å². The summed E-state index contributed by atoms with van der Waals surface area (Å²) >= 11 is 0. The molecule has 0 N–H and O–H groups in total. The maximum absolute atomic E-state index is 10.9. The van der Waals surface area contributed by atoms with E-state index in [1.165, 1.54) is 0 Å². The number of hydrogen-bond donors (Lipinski definition) is 0. The Bertz CT molecular complexity index is 177. The van der Waals surface area contributed by atoms with E-state index in [0.29, 0.717) is 0 Å². The fourth-order valence-corrected chi connectivity index (χ4v) is 3.72. The topological polar surface area (TPSA) is 34.1 Å². The van der Waals surface area contributed by atoms with Crippen LogP contribution in [-0.4, -0.2) is 18.9 Å². The Hall–Kier alpha value is -0.0500. The van der Waals surface area contributed by atoms with E-state index in [2.05, 4.69) is 0 Å². The molecule has 0 saturated carbocycles. The molecule has 1 heterocycles. The molecule has 1 fully saturated rings.